The van der Waals surface area contributed by atoms with Gasteiger partial charge in [-0.05, 0) is 25.2 Å². The molecule has 0 spiro atoms. The summed E-state index contributed by atoms with van der Waals surface area (Å²) in [5.74, 6) is 0. The Balaban J connectivity index is 4.34. The molecule has 1 unspecified atom stereocenters. The van der Waals surface area contributed by atoms with Crippen LogP contribution < -0.4 is 0 Å². The van der Waals surface area contributed by atoms with Crippen molar-refractivity contribution in [3.8, 4) is 0 Å². The largest absolute Gasteiger partial charge is 0.391 e. The third-order valence-electron chi connectivity index (χ3n) is 1.53. The highest BCUT2D eigenvalue weighted by Gasteiger charge is 2.31. The quantitative estimate of drug-likeness (QED) is 0.415. The minimum atomic E-state index is -3.20. The van der Waals surface area contributed by atoms with Crippen LogP contribution in [0, 0.1) is 0 Å². The Bertz CT molecular complexity index is 234. The van der Waals surface area contributed by atoms with Crippen molar-refractivity contribution < 1.29 is 23.2 Å². The second-order valence-corrected chi connectivity index (χ2v) is 8.46. The van der Waals surface area contributed by atoms with Crippen molar-refractivity contribution in [1.82, 2.24) is 0 Å². The van der Waals surface area contributed by atoms with E-state index in [-0.39, 0.29) is 0 Å². The SMILES string of the molecule is CCOP(=O)(OCC)SC(O)C[N+](C)(C)C. The topological polar surface area (TPSA) is 55.8 Å². The Kier molecular flexibility index (Phi) is 7.17. The van der Waals surface area contributed by atoms with Crippen molar-refractivity contribution in [2.45, 2.75) is 19.3 Å². The highest BCUT2D eigenvalue weighted by atomic mass is 32.7. The smallest absolute Gasteiger partial charge is 0.376 e. The molecular formula is C9H23NO4PS+. The van der Waals surface area contributed by atoms with E-state index in [1.165, 1.54) is 0 Å². The van der Waals surface area contributed by atoms with Gasteiger partial charge in [-0.15, -0.1) is 0 Å². The lowest BCUT2D eigenvalue weighted by Crippen LogP contribution is -2.40. The van der Waals surface area contributed by atoms with Crippen LogP contribution in [-0.4, -0.2) is 55.9 Å². The van der Waals surface area contributed by atoms with E-state index in [1.807, 2.05) is 21.1 Å². The van der Waals surface area contributed by atoms with E-state index >= 15 is 0 Å². The van der Waals surface area contributed by atoms with Crippen molar-refractivity contribution >= 4 is 18.2 Å². The van der Waals surface area contributed by atoms with Gasteiger partial charge >= 0.3 is 6.80 Å². The maximum absolute atomic E-state index is 12.1. The van der Waals surface area contributed by atoms with Gasteiger partial charge in [0.1, 0.15) is 6.54 Å². The molecule has 0 aromatic heterocycles. The van der Waals surface area contributed by atoms with Crippen LogP contribution >= 0.6 is 18.2 Å². The van der Waals surface area contributed by atoms with E-state index in [0.717, 1.165) is 11.4 Å². The lowest BCUT2D eigenvalue weighted by atomic mass is 10.5. The normalized spacial score (nSPS) is 15.1. The van der Waals surface area contributed by atoms with E-state index in [1.54, 1.807) is 13.8 Å². The predicted molar refractivity (Wildman–Crippen MR) is 67.4 cm³/mol. The van der Waals surface area contributed by atoms with Gasteiger partial charge < -0.3 is 18.6 Å². The first-order valence-corrected chi connectivity index (χ1v) is 8.31. The van der Waals surface area contributed by atoms with Crippen LogP contribution in [0.5, 0.6) is 0 Å². The van der Waals surface area contributed by atoms with Gasteiger partial charge in [-0.2, -0.15) is 0 Å². The predicted octanol–water partition coefficient (Wildman–Crippen LogP) is 1.93. The van der Waals surface area contributed by atoms with Crippen LogP contribution in [0.1, 0.15) is 13.8 Å². The molecule has 1 atom stereocenters. The fourth-order valence-electron chi connectivity index (χ4n) is 1.07. The van der Waals surface area contributed by atoms with Gasteiger partial charge in [0, 0.05) is 0 Å². The molecule has 0 amide bonds. The molecular weight excluding hydrogens is 249 g/mol. The first-order valence-electron chi connectivity index (χ1n) is 5.28. The average Bonchev–Trinajstić information content (AvgIpc) is 1.99. The minimum Gasteiger partial charge on any atom is -0.376 e. The summed E-state index contributed by atoms with van der Waals surface area (Å²) in [6, 6.07) is 0. The molecule has 0 radical (unpaired) electrons. The van der Waals surface area contributed by atoms with Gasteiger partial charge in [-0.3, -0.25) is 0 Å². The average molecular weight is 272 g/mol. The van der Waals surface area contributed by atoms with Crippen molar-refractivity contribution in [1.29, 1.82) is 0 Å². The van der Waals surface area contributed by atoms with Crippen molar-refractivity contribution in [2.75, 3.05) is 40.9 Å². The molecule has 0 heterocycles. The van der Waals surface area contributed by atoms with Crippen LogP contribution in [0.4, 0.5) is 0 Å². The number of aliphatic hydroxyl groups is 1. The molecule has 0 aliphatic carbocycles. The summed E-state index contributed by atoms with van der Waals surface area (Å²) in [6.07, 6.45) is 0. The van der Waals surface area contributed by atoms with Crippen LogP contribution in [0.2, 0.25) is 0 Å². The van der Waals surface area contributed by atoms with Gasteiger partial charge in [0.25, 0.3) is 0 Å². The first-order chi connectivity index (χ1) is 7.22. The Morgan fingerprint density at radius 2 is 1.69 bits per heavy atom. The molecule has 0 fully saturated rings. The van der Waals surface area contributed by atoms with Crippen LogP contribution in [0.3, 0.4) is 0 Å². The monoisotopic (exact) mass is 272 g/mol. The molecule has 98 valence electrons. The maximum atomic E-state index is 12.1. The third-order valence-corrected chi connectivity index (χ3v) is 5.47. The Hall–Kier alpha value is 0.420. The molecule has 0 saturated carbocycles. The van der Waals surface area contributed by atoms with Gasteiger partial charge in [-0.25, -0.2) is 4.57 Å². The lowest BCUT2D eigenvalue weighted by Gasteiger charge is -2.27. The second kappa shape index (κ2) is 6.99. The summed E-state index contributed by atoms with van der Waals surface area (Å²) in [7, 11) is 5.86. The molecule has 0 aromatic rings. The van der Waals surface area contributed by atoms with Crippen LogP contribution in [-0.2, 0) is 13.6 Å². The van der Waals surface area contributed by atoms with Crippen LogP contribution in [0.15, 0.2) is 0 Å². The van der Waals surface area contributed by atoms with Crippen molar-refractivity contribution in [3.63, 3.8) is 0 Å². The molecule has 0 rings (SSSR count). The van der Waals surface area contributed by atoms with E-state index < -0.39 is 12.2 Å². The summed E-state index contributed by atoms with van der Waals surface area (Å²) in [6.45, 7) is 1.39. The molecule has 7 heteroatoms. The standard InChI is InChI=1S/C9H23NO4PS/c1-6-13-15(12,14-7-2)16-9(11)8-10(3,4)5/h9,11H,6-8H2,1-5H3/q+1. The van der Waals surface area contributed by atoms with Gasteiger partial charge in [0.05, 0.1) is 34.4 Å². The fourth-order valence-corrected chi connectivity index (χ4v) is 4.80. The Morgan fingerprint density at radius 1 is 1.25 bits per heavy atom. The van der Waals surface area contributed by atoms with Gasteiger partial charge in [0.2, 0.25) is 0 Å². The molecule has 1 N–H and O–H groups in total. The summed E-state index contributed by atoms with van der Waals surface area (Å²) in [4.78, 5) is 0. The van der Waals surface area contributed by atoms with Gasteiger partial charge in [-0.1, -0.05) is 0 Å². The summed E-state index contributed by atoms with van der Waals surface area (Å²) in [5.41, 5.74) is -0.760. The highest BCUT2D eigenvalue weighted by Crippen LogP contribution is 2.61. The molecule has 16 heavy (non-hydrogen) atoms. The lowest BCUT2D eigenvalue weighted by molar-refractivity contribution is -0.871. The summed E-state index contributed by atoms with van der Waals surface area (Å²) >= 11 is 0.874. The van der Waals surface area contributed by atoms with E-state index in [9.17, 15) is 9.67 Å². The maximum Gasteiger partial charge on any atom is 0.391 e. The molecule has 5 nitrogen and oxygen atoms in total. The van der Waals surface area contributed by atoms with E-state index in [4.69, 9.17) is 9.05 Å². The summed E-state index contributed by atoms with van der Waals surface area (Å²) < 4.78 is 22.8. The van der Waals surface area contributed by atoms with E-state index in [2.05, 4.69) is 0 Å². The van der Waals surface area contributed by atoms with Crippen LogP contribution in [0.25, 0.3) is 0 Å². The Morgan fingerprint density at radius 3 is 2.00 bits per heavy atom. The number of rotatable bonds is 8. The number of hydrogen-bond acceptors (Lipinski definition) is 5. The third kappa shape index (κ3) is 7.65. The zero-order valence-corrected chi connectivity index (χ0v) is 12.4. The molecule has 0 aromatic carbocycles. The molecule has 0 saturated heterocycles. The van der Waals surface area contributed by atoms with E-state index in [0.29, 0.717) is 24.2 Å². The first kappa shape index (κ1) is 16.4. The number of nitrogens with zero attached hydrogens (tertiary/aromatic N) is 1. The zero-order chi connectivity index (χ0) is 12.8. The minimum absolute atomic E-state index is 0.307. The zero-order valence-electron chi connectivity index (χ0n) is 10.7. The second-order valence-electron chi connectivity index (χ2n) is 4.32. The van der Waals surface area contributed by atoms with Gasteiger partial charge in [0.15, 0.2) is 5.44 Å². The fraction of sp³-hybridized carbons (Fsp3) is 1.00. The van der Waals surface area contributed by atoms with Crippen molar-refractivity contribution in [2.24, 2.45) is 0 Å². The Labute approximate surface area is 102 Å². The number of hydrogen-bond donors (Lipinski definition) is 1. The van der Waals surface area contributed by atoms with Crippen molar-refractivity contribution in [3.05, 3.63) is 0 Å². The number of aliphatic hydroxyl groups excluding tert-OH is 1. The highest BCUT2D eigenvalue weighted by molar-refractivity contribution is 8.55. The number of likely N-dealkylation sites (N-methyl/N-ethyl adjacent to an activating group) is 1. The number of quaternary nitrogens is 1. The molecule has 0 aliphatic rings. The molecule has 0 bridgehead atoms. The molecule has 0 aliphatic heterocycles. The summed E-state index contributed by atoms with van der Waals surface area (Å²) in [5, 5.41) is 9.79.